The summed E-state index contributed by atoms with van der Waals surface area (Å²) in [6.07, 6.45) is 1.36. The van der Waals surface area contributed by atoms with Crippen molar-refractivity contribution in [3.8, 4) is 0 Å². The lowest BCUT2D eigenvalue weighted by atomic mass is 9.98. The van der Waals surface area contributed by atoms with Crippen LogP contribution >= 0.6 is 0 Å². The highest BCUT2D eigenvalue weighted by Crippen LogP contribution is 2.43. The van der Waals surface area contributed by atoms with Gasteiger partial charge in [0.05, 0.1) is 16.6 Å². The predicted molar refractivity (Wildman–Crippen MR) is 105 cm³/mol. The molecule has 5 rings (SSSR count). The summed E-state index contributed by atoms with van der Waals surface area (Å²) in [7, 11) is 2.14. The first-order valence-corrected chi connectivity index (χ1v) is 10.7. The maximum atomic E-state index is 13.7. The Labute approximate surface area is 172 Å². The fourth-order valence-corrected chi connectivity index (χ4v) is 5.23. The van der Waals surface area contributed by atoms with Crippen molar-refractivity contribution < 1.29 is 18.0 Å². The van der Waals surface area contributed by atoms with Crippen LogP contribution in [0.25, 0.3) is 11.0 Å². The second-order valence-electron chi connectivity index (χ2n) is 9.09. The van der Waals surface area contributed by atoms with Gasteiger partial charge in [0.15, 0.2) is 5.65 Å². The van der Waals surface area contributed by atoms with E-state index in [0.717, 1.165) is 44.6 Å². The van der Waals surface area contributed by atoms with E-state index in [2.05, 4.69) is 27.3 Å². The molecule has 2 aromatic heterocycles. The number of carbonyl (C=O) groups excluding carboxylic acids is 1. The van der Waals surface area contributed by atoms with Crippen LogP contribution in [-0.4, -0.2) is 50.7 Å². The molecule has 162 valence electrons. The number of fused-ring (bicyclic) bond motifs is 3. The fourth-order valence-electron chi connectivity index (χ4n) is 5.23. The van der Waals surface area contributed by atoms with Crippen LogP contribution in [0.1, 0.15) is 61.4 Å². The number of nitrogens with zero attached hydrogens (tertiary/aromatic N) is 4. The third-order valence-corrected chi connectivity index (χ3v) is 6.95. The molecule has 6 nitrogen and oxygen atoms in total. The van der Waals surface area contributed by atoms with Crippen molar-refractivity contribution >= 4 is 16.9 Å². The zero-order valence-electron chi connectivity index (χ0n) is 17.2. The number of hydrogen-bond acceptors (Lipinski definition) is 4. The highest BCUT2D eigenvalue weighted by Gasteiger charge is 2.40. The van der Waals surface area contributed by atoms with Crippen LogP contribution in [0.2, 0.25) is 0 Å². The summed E-state index contributed by atoms with van der Waals surface area (Å²) in [6, 6.07) is 2.26. The van der Waals surface area contributed by atoms with Gasteiger partial charge in [-0.25, -0.2) is 9.67 Å². The number of aryl methyl sites for hydroxylation is 1. The van der Waals surface area contributed by atoms with E-state index in [9.17, 15) is 18.0 Å². The summed E-state index contributed by atoms with van der Waals surface area (Å²) < 4.78 is 42.5. The number of amides is 1. The molecule has 2 bridgehead atoms. The maximum absolute atomic E-state index is 13.7. The van der Waals surface area contributed by atoms with Crippen molar-refractivity contribution in [1.82, 2.24) is 25.0 Å². The molecule has 2 aliphatic heterocycles. The van der Waals surface area contributed by atoms with Gasteiger partial charge in [-0.1, -0.05) is 0 Å². The zero-order chi connectivity index (χ0) is 21.2. The minimum Gasteiger partial charge on any atom is -0.352 e. The molecule has 2 saturated heterocycles. The molecule has 1 aliphatic carbocycles. The Morgan fingerprint density at radius 1 is 1.20 bits per heavy atom. The molecule has 9 heteroatoms. The molecule has 0 spiro atoms. The molecule has 0 radical (unpaired) electrons. The first-order valence-electron chi connectivity index (χ1n) is 10.7. The largest absolute Gasteiger partial charge is 0.417 e. The molecule has 4 heterocycles. The second-order valence-corrected chi connectivity index (χ2v) is 9.09. The summed E-state index contributed by atoms with van der Waals surface area (Å²) in [5, 5.41) is 7.34. The number of nitrogens with one attached hydrogen (secondary N) is 1. The van der Waals surface area contributed by atoms with E-state index in [1.807, 2.05) is 0 Å². The summed E-state index contributed by atoms with van der Waals surface area (Å²) >= 11 is 0. The molecule has 0 aromatic carbocycles. The summed E-state index contributed by atoms with van der Waals surface area (Å²) in [4.78, 5) is 19.6. The number of alkyl halides is 3. The average Bonchev–Trinajstić information content (AvgIpc) is 3.44. The van der Waals surface area contributed by atoms with Crippen LogP contribution in [0.5, 0.6) is 0 Å². The molecule has 3 aliphatic rings. The van der Waals surface area contributed by atoms with Gasteiger partial charge in [-0.2, -0.15) is 18.3 Å². The summed E-state index contributed by atoms with van der Waals surface area (Å²) in [5.74, 6) is -0.150. The number of halogens is 3. The van der Waals surface area contributed by atoms with E-state index in [4.69, 9.17) is 0 Å². The average molecular weight is 421 g/mol. The number of piperidine rings is 1. The minimum absolute atomic E-state index is 0.00274. The van der Waals surface area contributed by atoms with Gasteiger partial charge >= 0.3 is 6.18 Å². The molecular weight excluding hydrogens is 395 g/mol. The highest BCUT2D eigenvalue weighted by atomic mass is 19.4. The van der Waals surface area contributed by atoms with Gasteiger partial charge in [0.2, 0.25) is 5.91 Å². The molecule has 1 amide bonds. The maximum Gasteiger partial charge on any atom is 0.417 e. The lowest BCUT2D eigenvalue weighted by Gasteiger charge is -2.36. The smallest absolute Gasteiger partial charge is 0.352 e. The standard InChI is InChI=1S/C21H26F3N5O/c1-11-19-16(21(22,23)24)9-17(12-3-4-12)26-20(19)29(27-11)10-18(30)25-13-7-14-5-6-15(8-13)28(14)2/h9,12-15H,3-8,10H2,1-2H3,(H,25,30)/t14-,15-/m0/s1. The monoisotopic (exact) mass is 421 g/mol. The lowest BCUT2D eigenvalue weighted by Crippen LogP contribution is -2.49. The van der Waals surface area contributed by atoms with Gasteiger partial charge in [0.1, 0.15) is 6.54 Å². The molecule has 0 unspecified atom stereocenters. The Morgan fingerprint density at radius 3 is 2.47 bits per heavy atom. The van der Waals surface area contributed by atoms with Crippen molar-refractivity contribution in [2.75, 3.05) is 7.05 Å². The Hall–Kier alpha value is -2.16. The number of hydrogen-bond donors (Lipinski definition) is 1. The van der Waals surface area contributed by atoms with E-state index in [0.29, 0.717) is 17.8 Å². The molecule has 1 saturated carbocycles. The molecule has 2 atom stereocenters. The van der Waals surface area contributed by atoms with Gasteiger partial charge in [-0.3, -0.25) is 4.79 Å². The van der Waals surface area contributed by atoms with E-state index in [-0.39, 0.29) is 41.1 Å². The summed E-state index contributed by atoms with van der Waals surface area (Å²) in [5.41, 5.74) is 0.147. The lowest BCUT2D eigenvalue weighted by molar-refractivity contribution is -0.136. The molecule has 1 N–H and O–H groups in total. The quantitative estimate of drug-likeness (QED) is 0.822. The van der Waals surface area contributed by atoms with Crippen molar-refractivity contribution in [3.05, 3.63) is 23.0 Å². The zero-order valence-corrected chi connectivity index (χ0v) is 17.2. The van der Waals surface area contributed by atoms with Gasteiger partial charge in [-0.05, 0) is 58.6 Å². The summed E-state index contributed by atoms with van der Waals surface area (Å²) in [6.45, 7) is 1.42. The van der Waals surface area contributed by atoms with Crippen LogP contribution < -0.4 is 5.32 Å². The predicted octanol–water partition coefficient (Wildman–Crippen LogP) is 3.38. The van der Waals surface area contributed by atoms with Crippen LogP contribution in [-0.2, 0) is 17.5 Å². The first-order chi connectivity index (χ1) is 14.2. The first kappa shape index (κ1) is 19.8. The van der Waals surface area contributed by atoms with E-state index >= 15 is 0 Å². The minimum atomic E-state index is -4.49. The number of carbonyl (C=O) groups is 1. The van der Waals surface area contributed by atoms with Crippen molar-refractivity contribution in [3.63, 3.8) is 0 Å². The number of aromatic nitrogens is 3. The second kappa shape index (κ2) is 6.93. The molecule has 2 aromatic rings. The Bertz CT molecular complexity index is 983. The molecule has 30 heavy (non-hydrogen) atoms. The SMILES string of the molecule is Cc1nn(CC(=O)NC2C[C@@H]3CC[C@@H](C2)N3C)c2nc(C3CC3)cc(C(F)(F)F)c12. The molecule has 3 fully saturated rings. The van der Waals surface area contributed by atoms with E-state index in [1.165, 1.54) is 4.68 Å². The fraction of sp³-hybridized carbons (Fsp3) is 0.667. The van der Waals surface area contributed by atoms with Crippen molar-refractivity contribution in [1.29, 1.82) is 0 Å². The van der Waals surface area contributed by atoms with Crippen LogP contribution in [0.3, 0.4) is 0 Å². The Morgan fingerprint density at radius 2 is 1.87 bits per heavy atom. The Balaban J connectivity index is 1.40. The number of pyridine rings is 1. The van der Waals surface area contributed by atoms with Crippen molar-refractivity contribution in [2.45, 2.75) is 82.2 Å². The highest BCUT2D eigenvalue weighted by molar-refractivity contribution is 5.85. The third-order valence-electron chi connectivity index (χ3n) is 6.95. The van der Waals surface area contributed by atoms with E-state index in [1.54, 1.807) is 6.92 Å². The molecular formula is C21H26F3N5O. The van der Waals surface area contributed by atoms with Gasteiger partial charge in [0, 0.05) is 29.7 Å². The van der Waals surface area contributed by atoms with Crippen LogP contribution in [0, 0.1) is 6.92 Å². The third kappa shape index (κ3) is 3.46. The Kier molecular flexibility index (Phi) is 4.57. The van der Waals surface area contributed by atoms with Gasteiger partial charge in [0.25, 0.3) is 0 Å². The van der Waals surface area contributed by atoms with Crippen LogP contribution in [0.15, 0.2) is 6.07 Å². The van der Waals surface area contributed by atoms with Crippen LogP contribution in [0.4, 0.5) is 13.2 Å². The van der Waals surface area contributed by atoms with Crippen molar-refractivity contribution in [2.24, 2.45) is 0 Å². The normalized spacial score (nSPS) is 27.0. The topological polar surface area (TPSA) is 63.1 Å². The van der Waals surface area contributed by atoms with Gasteiger partial charge < -0.3 is 10.2 Å². The number of rotatable bonds is 4. The van der Waals surface area contributed by atoms with E-state index < -0.39 is 11.7 Å². The van der Waals surface area contributed by atoms with Gasteiger partial charge in [-0.15, -0.1) is 0 Å².